The summed E-state index contributed by atoms with van der Waals surface area (Å²) < 4.78 is 26.7. The molecule has 0 spiro atoms. The monoisotopic (exact) mass is 323 g/mol. The van der Waals surface area contributed by atoms with Crippen LogP contribution >= 0.6 is 0 Å². The minimum absolute atomic E-state index is 0.145. The number of imide groups is 1. The first-order valence-electron chi connectivity index (χ1n) is 6.98. The van der Waals surface area contributed by atoms with E-state index in [0.717, 1.165) is 4.31 Å². The summed E-state index contributed by atoms with van der Waals surface area (Å²) in [6, 6.07) is 6.26. The number of fused-ring (bicyclic) bond motifs is 1. The number of nitrogens with zero attached hydrogens (tertiary/aromatic N) is 3. The summed E-state index contributed by atoms with van der Waals surface area (Å²) in [7, 11) is -0.598. The van der Waals surface area contributed by atoms with Gasteiger partial charge in [0.25, 0.3) is 22.0 Å². The van der Waals surface area contributed by atoms with E-state index in [1.54, 1.807) is 24.3 Å². The Morgan fingerprint density at radius 1 is 1.09 bits per heavy atom. The fraction of sp³-hybridized carbons (Fsp3) is 0.429. The van der Waals surface area contributed by atoms with Gasteiger partial charge in [-0.1, -0.05) is 12.1 Å². The van der Waals surface area contributed by atoms with Gasteiger partial charge in [-0.3, -0.25) is 14.5 Å². The molecular weight excluding hydrogens is 306 g/mol. The molecule has 0 radical (unpaired) electrons. The van der Waals surface area contributed by atoms with Gasteiger partial charge in [0.2, 0.25) is 0 Å². The molecule has 118 valence electrons. The lowest BCUT2D eigenvalue weighted by atomic mass is 10.1. The van der Waals surface area contributed by atoms with Gasteiger partial charge in [0, 0.05) is 27.2 Å². The first-order chi connectivity index (χ1) is 10.3. The highest BCUT2D eigenvalue weighted by molar-refractivity contribution is 7.86. The van der Waals surface area contributed by atoms with Crippen LogP contribution in [-0.4, -0.2) is 67.0 Å². The maximum Gasteiger partial charge on any atom is 0.281 e. The Morgan fingerprint density at radius 3 is 2.14 bits per heavy atom. The molecule has 0 aliphatic carbocycles. The maximum atomic E-state index is 12.4. The fourth-order valence-electron chi connectivity index (χ4n) is 2.90. The van der Waals surface area contributed by atoms with Crippen molar-refractivity contribution < 1.29 is 18.0 Å². The Kier molecular flexibility index (Phi) is 3.54. The predicted octanol–water partition coefficient (Wildman–Crippen LogP) is 0.163. The molecule has 3 rings (SSSR count). The third-order valence-electron chi connectivity index (χ3n) is 4.10. The third kappa shape index (κ3) is 2.15. The molecule has 7 nitrogen and oxygen atoms in total. The average molecular weight is 323 g/mol. The zero-order valence-corrected chi connectivity index (χ0v) is 13.2. The van der Waals surface area contributed by atoms with E-state index in [1.807, 2.05) is 0 Å². The topological polar surface area (TPSA) is 78.0 Å². The van der Waals surface area contributed by atoms with Gasteiger partial charge >= 0.3 is 0 Å². The highest BCUT2D eigenvalue weighted by Gasteiger charge is 2.44. The van der Waals surface area contributed by atoms with E-state index >= 15 is 0 Å². The largest absolute Gasteiger partial charge is 0.281 e. The van der Waals surface area contributed by atoms with Crippen molar-refractivity contribution in [2.45, 2.75) is 12.5 Å². The number of benzene rings is 1. The highest BCUT2D eigenvalue weighted by atomic mass is 32.2. The van der Waals surface area contributed by atoms with E-state index in [0.29, 0.717) is 24.1 Å². The maximum absolute atomic E-state index is 12.4. The number of carbonyl (C=O) groups is 2. The molecule has 8 heteroatoms. The molecule has 2 heterocycles. The van der Waals surface area contributed by atoms with Crippen LogP contribution in [0.4, 0.5) is 0 Å². The van der Waals surface area contributed by atoms with Crippen LogP contribution in [0.3, 0.4) is 0 Å². The van der Waals surface area contributed by atoms with Crippen LogP contribution in [0.15, 0.2) is 24.3 Å². The van der Waals surface area contributed by atoms with Crippen LogP contribution in [0.25, 0.3) is 0 Å². The van der Waals surface area contributed by atoms with Gasteiger partial charge in [0.1, 0.15) is 0 Å². The molecule has 1 fully saturated rings. The minimum atomic E-state index is -3.52. The predicted molar refractivity (Wildman–Crippen MR) is 79.5 cm³/mol. The molecule has 1 atom stereocenters. The average Bonchev–Trinajstić information content (AvgIpc) is 3.05. The van der Waals surface area contributed by atoms with Crippen molar-refractivity contribution in [1.82, 2.24) is 13.5 Å². The molecule has 2 amide bonds. The molecule has 0 aromatic heterocycles. The lowest BCUT2D eigenvalue weighted by Crippen LogP contribution is -2.44. The Morgan fingerprint density at radius 2 is 1.64 bits per heavy atom. The summed E-state index contributed by atoms with van der Waals surface area (Å²) in [4.78, 5) is 26.0. The summed E-state index contributed by atoms with van der Waals surface area (Å²) in [6.07, 6.45) is 0.457. The smallest absolute Gasteiger partial charge is 0.270 e. The zero-order valence-electron chi connectivity index (χ0n) is 12.4. The van der Waals surface area contributed by atoms with Crippen LogP contribution < -0.4 is 0 Å². The van der Waals surface area contributed by atoms with E-state index < -0.39 is 16.3 Å². The van der Waals surface area contributed by atoms with Crippen LogP contribution in [0.5, 0.6) is 0 Å². The third-order valence-corrected chi connectivity index (χ3v) is 6.01. The first kappa shape index (κ1) is 15.1. The lowest BCUT2D eigenvalue weighted by Gasteiger charge is -2.24. The number of amides is 2. The number of rotatable bonds is 3. The summed E-state index contributed by atoms with van der Waals surface area (Å²) in [5.74, 6) is -0.676. The van der Waals surface area contributed by atoms with Crippen molar-refractivity contribution in [3.05, 3.63) is 35.4 Å². The van der Waals surface area contributed by atoms with Crippen molar-refractivity contribution in [3.63, 3.8) is 0 Å². The Labute approximate surface area is 129 Å². The first-order valence-corrected chi connectivity index (χ1v) is 8.38. The van der Waals surface area contributed by atoms with Crippen molar-refractivity contribution in [2.24, 2.45) is 0 Å². The van der Waals surface area contributed by atoms with Crippen LogP contribution in [0, 0.1) is 0 Å². The van der Waals surface area contributed by atoms with Gasteiger partial charge in [0.15, 0.2) is 0 Å². The number of hydrogen-bond acceptors (Lipinski definition) is 4. The second kappa shape index (κ2) is 5.15. The van der Waals surface area contributed by atoms with Gasteiger partial charge in [-0.15, -0.1) is 0 Å². The molecule has 0 saturated carbocycles. The quantitative estimate of drug-likeness (QED) is 0.743. The lowest BCUT2D eigenvalue weighted by molar-refractivity contribution is 0.0592. The molecule has 0 N–H and O–H groups in total. The SMILES string of the molecule is CN(C)S(=O)(=O)N1CCC(N2C(=O)c3ccccc3C2=O)C1. The summed E-state index contributed by atoms with van der Waals surface area (Å²) in [5.41, 5.74) is 0.780. The van der Waals surface area contributed by atoms with E-state index in [4.69, 9.17) is 0 Å². The summed E-state index contributed by atoms with van der Waals surface area (Å²) >= 11 is 0. The van der Waals surface area contributed by atoms with Gasteiger partial charge in [-0.2, -0.15) is 17.0 Å². The van der Waals surface area contributed by atoms with Gasteiger partial charge < -0.3 is 0 Å². The molecule has 2 aliphatic rings. The Bertz CT molecular complexity index is 709. The van der Waals surface area contributed by atoms with Crippen LogP contribution in [0.1, 0.15) is 27.1 Å². The summed E-state index contributed by atoms with van der Waals surface area (Å²) in [5, 5.41) is 0. The van der Waals surface area contributed by atoms with Crippen LogP contribution in [0.2, 0.25) is 0 Å². The second-order valence-corrected chi connectivity index (χ2v) is 7.76. The molecule has 2 aliphatic heterocycles. The molecule has 1 unspecified atom stereocenters. The van der Waals surface area contributed by atoms with Crippen molar-refractivity contribution in [1.29, 1.82) is 0 Å². The van der Waals surface area contributed by atoms with Gasteiger partial charge in [-0.25, -0.2) is 0 Å². The molecule has 1 saturated heterocycles. The molecular formula is C14H17N3O4S. The molecule has 0 bridgehead atoms. The van der Waals surface area contributed by atoms with Gasteiger partial charge in [-0.05, 0) is 18.6 Å². The Balaban J connectivity index is 1.84. The fourth-order valence-corrected chi connectivity index (χ4v) is 4.06. The molecule has 22 heavy (non-hydrogen) atoms. The second-order valence-electron chi connectivity index (χ2n) is 5.62. The highest BCUT2D eigenvalue weighted by Crippen LogP contribution is 2.29. The van der Waals surface area contributed by atoms with E-state index in [-0.39, 0.29) is 18.4 Å². The zero-order chi connectivity index (χ0) is 16.1. The van der Waals surface area contributed by atoms with E-state index in [9.17, 15) is 18.0 Å². The Hall–Kier alpha value is -1.77. The number of hydrogen-bond donors (Lipinski definition) is 0. The minimum Gasteiger partial charge on any atom is -0.270 e. The van der Waals surface area contributed by atoms with Crippen LogP contribution in [-0.2, 0) is 10.2 Å². The summed E-state index contributed by atoms with van der Waals surface area (Å²) in [6.45, 7) is 0.449. The molecule has 1 aromatic carbocycles. The number of carbonyl (C=O) groups excluding carboxylic acids is 2. The van der Waals surface area contributed by atoms with Crippen molar-refractivity contribution in [3.8, 4) is 0 Å². The van der Waals surface area contributed by atoms with E-state index in [2.05, 4.69) is 0 Å². The molecule has 1 aromatic rings. The van der Waals surface area contributed by atoms with Crippen molar-refractivity contribution >= 4 is 22.0 Å². The normalized spacial score (nSPS) is 22.7. The van der Waals surface area contributed by atoms with E-state index in [1.165, 1.54) is 23.3 Å². The standard InChI is InChI=1S/C14H17N3O4S/c1-15(2)22(20,21)16-8-7-10(9-16)17-13(18)11-5-3-4-6-12(11)14(17)19/h3-6,10H,7-9H2,1-2H3. The van der Waals surface area contributed by atoms with Gasteiger partial charge in [0.05, 0.1) is 17.2 Å². The van der Waals surface area contributed by atoms with Crippen molar-refractivity contribution in [2.75, 3.05) is 27.2 Å².